The maximum Gasteiger partial charge on any atom is 0.314 e. The molecule has 0 unspecified atom stereocenters. The van der Waals surface area contributed by atoms with E-state index in [1.807, 2.05) is 13.8 Å². The molecule has 31 heavy (non-hydrogen) atoms. The van der Waals surface area contributed by atoms with Crippen LogP contribution in [0.4, 0.5) is 8.78 Å². The van der Waals surface area contributed by atoms with Crippen molar-refractivity contribution in [1.29, 1.82) is 0 Å². The molecule has 3 aromatic rings. The van der Waals surface area contributed by atoms with Gasteiger partial charge in [-0.25, -0.2) is 22.3 Å². The molecule has 1 aromatic heterocycles. The number of hydrogen-bond donors (Lipinski definition) is 1. The fourth-order valence-corrected chi connectivity index (χ4v) is 3.32. The van der Waals surface area contributed by atoms with Gasteiger partial charge in [-0.05, 0) is 42.2 Å². The molecule has 0 bridgehead atoms. The number of hydrogen-bond acceptors (Lipinski definition) is 5. The van der Waals surface area contributed by atoms with Crippen LogP contribution in [0, 0.1) is 17.6 Å². The molecule has 0 radical (unpaired) electrons. The minimum atomic E-state index is -3.87. The smallest absolute Gasteiger partial charge is 0.314 e. The van der Waals surface area contributed by atoms with Crippen LogP contribution >= 0.6 is 0 Å². The highest BCUT2D eigenvalue weighted by Gasteiger charge is 2.18. The molecule has 7 nitrogen and oxygen atoms in total. The van der Waals surface area contributed by atoms with Gasteiger partial charge in [0.2, 0.25) is 10.0 Å². The van der Waals surface area contributed by atoms with Crippen LogP contribution in [0.2, 0.25) is 0 Å². The highest BCUT2D eigenvalue weighted by Crippen LogP contribution is 2.28. The number of rotatable bonds is 7. The first-order chi connectivity index (χ1) is 14.6. The Kier molecular flexibility index (Phi) is 6.51. The lowest BCUT2D eigenvalue weighted by atomic mass is 10.1. The second kappa shape index (κ2) is 8.94. The molecule has 0 amide bonds. The predicted octanol–water partition coefficient (Wildman–Crippen LogP) is 3.25. The van der Waals surface area contributed by atoms with E-state index in [0.717, 1.165) is 16.8 Å². The Morgan fingerprint density at radius 2 is 1.77 bits per heavy atom. The summed E-state index contributed by atoms with van der Waals surface area (Å²) in [5.41, 5.74) is 0.180. The van der Waals surface area contributed by atoms with Crippen molar-refractivity contribution in [3.8, 4) is 22.6 Å². The lowest BCUT2D eigenvalue weighted by molar-refractivity contribution is 0.285. The minimum Gasteiger partial charge on any atom is -0.487 e. The van der Waals surface area contributed by atoms with Crippen LogP contribution in [0.25, 0.3) is 16.8 Å². The topological polar surface area (TPSA) is 104 Å². The number of ether oxygens (including phenoxy) is 1. The molecule has 0 spiro atoms. The number of primary sulfonamides is 1. The first kappa shape index (κ1) is 22.6. The molecule has 0 fully saturated rings. The Morgan fingerprint density at radius 3 is 2.35 bits per heavy atom. The molecule has 10 heteroatoms. The van der Waals surface area contributed by atoms with Crippen LogP contribution in [0.3, 0.4) is 0 Å². The quantitative estimate of drug-likeness (QED) is 0.596. The van der Waals surface area contributed by atoms with Crippen LogP contribution in [0.15, 0.2) is 58.4 Å². The Morgan fingerprint density at radius 1 is 1.10 bits per heavy atom. The monoisotopic (exact) mass is 449 g/mol. The SMILES string of the molecule is CC(C)CCOc1c(-c2ccc(S(N)(=O)=O)cc2)cnn(-c2ccc(F)c(F)c2)c1=O. The Labute approximate surface area is 178 Å². The van der Waals surface area contributed by atoms with E-state index in [4.69, 9.17) is 9.88 Å². The minimum absolute atomic E-state index is 0.0359. The van der Waals surface area contributed by atoms with Crippen molar-refractivity contribution in [2.45, 2.75) is 25.2 Å². The zero-order valence-electron chi connectivity index (χ0n) is 16.9. The van der Waals surface area contributed by atoms with E-state index in [2.05, 4.69) is 5.10 Å². The van der Waals surface area contributed by atoms with E-state index in [1.54, 1.807) is 0 Å². The molecule has 1 heterocycles. The maximum atomic E-state index is 13.7. The molecular formula is C21H21F2N3O4S. The molecule has 0 atom stereocenters. The van der Waals surface area contributed by atoms with Crippen LogP contribution in [-0.2, 0) is 10.0 Å². The molecule has 164 valence electrons. The van der Waals surface area contributed by atoms with Crippen molar-refractivity contribution in [3.05, 3.63) is 70.6 Å². The van der Waals surface area contributed by atoms with Crippen molar-refractivity contribution in [2.75, 3.05) is 6.61 Å². The summed E-state index contributed by atoms with van der Waals surface area (Å²) in [7, 11) is -3.87. The third-order valence-corrected chi connectivity index (χ3v) is 5.45. The zero-order valence-corrected chi connectivity index (χ0v) is 17.7. The fraction of sp³-hybridized carbons (Fsp3) is 0.238. The van der Waals surface area contributed by atoms with Gasteiger partial charge in [0.25, 0.3) is 0 Å². The van der Waals surface area contributed by atoms with Crippen molar-refractivity contribution in [1.82, 2.24) is 9.78 Å². The molecule has 0 saturated carbocycles. The summed E-state index contributed by atoms with van der Waals surface area (Å²) in [6.45, 7) is 4.25. The van der Waals surface area contributed by atoms with E-state index < -0.39 is 27.2 Å². The molecule has 2 N–H and O–H groups in total. The average molecular weight is 449 g/mol. The second-order valence-electron chi connectivity index (χ2n) is 7.30. The van der Waals surface area contributed by atoms with Gasteiger partial charge in [0.1, 0.15) is 0 Å². The summed E-state index contributed by atoms with van der Waals surface area (Å²) in [6.07, 6.45) is 2.02. The lowest BCUT2D eigenvalue weighted by Gasteiger charge is -2.14. The molecule has 0 saturated heterocycles. The van der Waals surface area contributed by atoms with Crippen molar-refractivity contribution in [3.63, 3.8) is 0 Å². The van der Waals surface area contributed by atoms with E-state index >= 15 is 0 Å². The summed E-state index contributed by atoms with van der Waals surface area (Å²) in [5, 5.41) is 9.19. The van der Waals surface area contributed by atoms with Gasteiger partial charge in [-0.2, -0.15) is 9.78 Å². The lowest BCUT2D eigenvalue weighted by Crippen LogP contribution is -2.24. The highest BCUT2D eigenvalue weighted by atomic mass is 32.2. The molecular weight excluding hydrogens is 428 g/mol. The molecule has 0 aliphatic heterocycles. The summed E-state index contributed by atoms with van der Waals surface area (Å²) >= 11 is 0. The van der Waals surface area contributed by atoms with Crippen molar-refractivity contribution in [2.24, 2.45) is 11.1 Å². The zero-order chi connectivity index (χ0) is 22.8. The molecule has 2 aromatic carbocycles. The van der Waals surface area contributed by atoms with Crippen molar-refractivity contribution >= 4 is 10.0 Å². The number of sulfonamides is 1. The normalized spacial score (nSPS) is 11.7. The van der Waals surface area contributed by atoms with E-state index in [-0.39, 0.29) is 22.9 Å². The third-order valence-electron chi connectivity index (χ3n) is 4.52. The fourth-order valence-electron chi connectivity index (χ4n) is 2.80. The predicted molar refractivity (Wildman–Crippen MR) is 112 cm³/mol. The van der Waals surface area contributed by atoms with Gasteiger partial charge in [-0.3, -0.25) is 4.79 Å². The Hall–Kier alpha value is -3.11. The second-order valence-corrected chi connectivity index (χ2v) is 8.86. The van der Waals surface area contributed by atoms with E-state index in [0.29, 0.717) is 23.5 Å². The summed E-state index contributed by atoms with van der Waals surface area (Å²) in [6, 6.07) is 8.57. The van der Waals surface area contributed by atoms with Crippen molar-refractivity contribution < 1.29 is 21.9 Å². The number of nitrogens with zero attached hydrogens (tertiary/aromatic N) is 2. The highest BCUT2D eigenvalue weighted by molar-refractivity contribution is 7.89. The van der Waals surface area contributed by atoms with Crippen LogP contribution in [0.1, 0.15) is 20.3 Å². The molecule has 3 rings (SSSR count). The van der Waals surface area contributed by atoms with Gasteiger partial charge in [-0.15, -0.1) is 0 Å². The van der Waals surface area contributed by atoms with Crippen LogP contribution in [-0.4, -0.2) is 24.8 Å². The maximum absolute atomic E-state index is 13.7. The summed E-state index contributed by atoms with van der Waals surface area (Å²) in [5.74, 6) is -1.87. The van der Waals surface area contributed by atoms with Gasteiger partial charge in [-0.1, -0.05) is 26.0 Å². The Bertz CT molecular complexity index is 1260. The van der Waals surface area contributed by atoms with Gasteiger partial charge in [0, 0.05) is 11.6 Å². The number of nitrogens with two attached hydrogens (primary N) is 1. The average Bonchev–Trinajstić information content (AvgIpc) is 2.70. The Balaban J connectivity index is 2.11. The van der Waals surface area contributed by atoms with E-state index in [1.165, 1.54) is 36.5 Å². The van der Waals surface area contributed by atoms with Crippen LogP contribution in [0.5, 0.6) is 5.75 Å². The van der Waals surface area contributed by atoms with Gasteiger partial charge < -0.3 is 4.74 Å². The first-order valence-corrected chi connectivity index (χ1v) is 11.0. The largest absolute Gasteiger partial charge is 0.487 e. The number of benzene rings is 2. The van der Waals surface area contributed by atoms with Gasteiger partial charge in [0.15, 0.2) is 17.4 Å². The molecule has 0 aliphatic rings. The summed E-state index contributed by atoms with van der Waals surface area (Å²) in [4.78, 5) is 13.0. The third kappa shape index (κ3) is 5.15. The number of aromatic nitrogens is 2. The van der Waals surface area contributed by atoms with Gasteiger partial charge >= 0.3 is 5.56 Å². The number of halogens is 2. The van der Waals surface area contributed by atoms with Crippen LogP contribution < -0.4 is 15.4 Å². The first-order valence-electron chi connectivity index (χ1n) is 9.41. The summed E-state index contributed by atoms with van der Waals surface area (Å²) < 4.78 is 56.6. The van der Waals surface area contributed by atoms with Gasteiger partial charge in [0.05, 0.1) is 23.4 Å². The standard InChI is InChI=1S/C21H21F2N3O4S/c1-13(2)9-10-30-20-17(14-3-6-16(7-4-14)31(24,28)29)12-25-26(21(20)27)15-5-8-18(22)19(23)11-15/h3-8,11-13H,9-10H2,1-2H3,(H2,24,28,29). The molecule has 0 aliphatic carbocycles. The van der Waals surface area contributed by atoms with E-state index in [9.17, 15) is 22.0 Å².